The zero-order chi connectivity index (χ0) is 27.2. The van der Waals surface area contributed by atoms with Crippen molar-refractivity contribution in [2.45, 2.75) is 31.7 Å². The lowest BCUT2D eigenvalue weighted by Gasteiger charge is -2.36. The molecule has 1 amide bonds. The zero-order valence-corrected chi connectivity index (χ0v) is 23.5. The molecule has 0 aromatic heterocycles. The molecule has 0 unspecified atom stereocenters. The summed E-state index contributed by atoms with van der Waals surface area (Å²) < 4.78 is 18.1. The molecule has 39 heavy (non-hydrogen) atoms. The molecule has 206 valence electrons. The number of anilines is 1. The van der Waals surface area contributed by atoms with Crippen LogP contribution < -0.4 is 15.1 Å². The summed E-state index contributed by atoms with van der Waals surface area (Å²) in [6.45, 7) is 5.82. The smallest absolute Gasteiger partial charge is 0.234 e. The van der Waals surface area contributed by atoms with E-state index in [2.05, 4.69) is 22.5 Å². The number of nitrogens with one attached hydrogen (secondary N) is 1. The van der Waals surface area contributed by atoms with Gasteiger partial charge in [-0.05, 0) is 55.3 Å². The van der Waals surface area contributed by atoms with Crippen LogP contribution in [0.5, 0.6) is 5.75 Å². The summed E-state index contributed by atoms with van der Waals surface area (Å²) in [6, 6.07) is 23.4. The molecule has 2 aliphatic rings. The average molecular weight is 571 g/mol. The van der Waals surface area contributed by atoms with Crippen LogP contribution in [0.25, 0.3) is 0 Å². The molecule has 0 spiro atoms. The fourth-order valence-electron chi connectivity index (χ4n) is 4.87. The fraction of sp³-hybridized carbons (Fsp3) is 0.367. The monoisotopic (exact) mass is 569 g/mol. The van der Waals surface area contributed by atoms with E-state index in [0.29, 0.717) is 29.7 Å². The van der Waals surface area contributed by atoms with Crippen molar-refractivity contribution in [2.75, 3.05) is 44.3 Å². The van der Waals surface area contributed by atoms with Crippen LogP contribution in [0.2, 0.25) is 10.0 Å². The van der Waals surface area contributed by atoms with E-state index in [1.807, 2.05) is 60.5 Å². The predicted molar refractivity (Wildman–Crippen MR) is 153 cm³/mol. The van der Waals surface area contributed by atoms with E-state index in [0.717, 1.165) is 49.6 Å². The van der Waals surface area contributed by atoms with E-state index in [1.165, 1.54) is 5.56 Å². The lowest BCUT2D eigenvalue weighted by atomic mass is 10.1. The van der Waals surface area contributed by atoms with E-state index < -0.39 is 5.79 Å². The van der Waals surface area contributed by atoms with Gasteiger partial charge in [0.25, 0.3) is 0 Å². The van der Waals surface area contributed by atoms with E-state index in [9.17, 15) is 4.79 Å². The van der Waals surface area contributed by atoms with Crippen molar-refractivity contribution in [1.82, 2.24) is 10.4 Å². The van der Waals surface area contributed by atoms with Gasteiger partial charge in [0.2, 0.25) is 5.91 Å². The highest BCUT2D eigenvalue weighted by Gasteiger charge is 2.40. The Balaban J connectivity index is 1.04. The van der Waals surface area contributed by atoms with Crippen LogP contribution >= 0.6 is 23.2 Å². The SMILES string of the molecule is C[C@]1(c2ccc(Cl)cc2Cl)OC[C@@H](COc2ccc(N3CCN(NC(=O)CCc4ccccc4)CC3)cc2)O1. The number of benzene rings is 3. The van der Waals surface area contributed by atoms with E-state index >= 15 is 0 Å². The van der Waals surface area contributed by atoms with Gasteiger partial charge in [0, 0.05) is 48.9 Å². The lowest BCUT2D eigenvalue weighted by Crippen LogP contribution is -2.53. The molecule has 0 saturated carbocycles. The summed E-state index contributed by atoms with van der Waals surface area (Å²) in [5.74, 6) is -0.116. The van der Waals surface area contributed by atoms with Gasteiger partial charge < -0.3 is 19.1 Å². The Morgan fingerprint density at radius 1 is 1.03 bits per heavy atom. The van der Waals surface area contributed by atoms with Crippen LogP contribution in [0, 0.1) is 0 Å². The van der Waals surface area contributed by atoms with Crippen molar-refractivity contribution < 1.29 is 19.0 Å². The highest BCUT2D eigenvalue weighted by Crippen LogP contribution is 2.38. The number of piperazine rings is 1. The van der Waals surface area contributed by atoms with Gasteiger partial charge in [0.05, 0.1) is 11.6 Å². The van der Waals surface area contributed by atoms with Crippen molar-refractivity contribution in [3.63, 3.8) is 0 Å². The Bertz CT molecular complexity index is 1250. The van der Waals surface area contributed by atoms with Crippen molar-refractivity contribution in [1.29, 1.82) is 0 Å². The maximum atomic E-state index is 12.4. The molecule has 5 rings (SSSR count). The second-order valence-electron chi connectivity index (χ2n) is 9.92. The number of halogens is 2. The Labute approximate surface area is 239 Å². The Kier molecular flexibility index (Phi) is 8.95. The van der Waals surface area contributed by atoms with Crippen LogP contribution in [-0.2, 0) is 26.5 Å². The second kappa shape index (κ2) is 12.6. The number of carbonyl (C=O) groups is 1. The fourth-order valence-corrected chi connectivity index (χ4v) is 5.45. The molecule has 2 fully saturated rings. The number of rotatable bonds is 9. The number of amides is 1. The van der Waals surface area contributed by atoms with Gasteiger partial charge in [-0.15, -0.1) is 0 Å². The van der Waals surface area contributed by atoms with Gasteiger partial charge in [-0.2, -0.15) is 0 Å². The zero-order valence-electron chi connectivity index (χ0n) is 21.9. The third kappa shape index (κ3) is 7.24. The molecule has 3 aromatic rings. The van der Waals surface area contributed by atoms with Gasteiger partial charge in [-0.25, -0.2) is 5.01 Å². The van der Waals surface area contributed by atoms with Crippen LogP contribution in [-0.4, -0.2) is 56.4 Å². The number of carbonyl (C=O) groups excluding carboxylic acids is 1. The molecule has 1 N–H and O–H groups in total. The van der Waals surface area contributed by atoms with Gasteiger partial charge in [-0.1, -0.05) is 59.6 Å². The van der Waals surface area contributed by atoms with E-state index in [-0.39, 0.29) is 12.0 Å². The Morgan fingerprint density at radius 2 is 1.77 bits per heavy atom. The number of aryl methyl sites for hydroxylation is 1. The minimum atomic E-state index is -0.941. The third-order valence-electron chi connectivity index (χ3n) is 7.04. The second-order valence-corrected chi connectivity index (χ2v) is 10.8. The van der Waals surface area contributed by atoms with Crippen molar-refractivity contribution >= 4 is 34.8 Å². The molecule has 0 radical (unpaired) electrons. The predicted octanol–water partition coefficient (Wildman–Crippen LogP) is 5.45. The molecule has 2 heterocycles. The van der Waals surface area contributed by atoms with Crippen molar-refractivity contribution in [3.8, 4) is 5.75 Å². The first-order chi connectivity index (χ1) is 18.9. The maximum absolute atomic E-state index is 12.4. The van der Waals surface area contributed by atoms with E-state index in [1.54, 1.807) is 12.1 Å². The van der Waals surface area contributed by atoms with Crippen molar-refractivity contribution in [2.24, 2.45) is 0 Å². The first-order valence-corrected chi connectivity index (χ1v) is 14.0. The summed E-state index contributed by atoms with van der Waals surface area (Å²) in [6.07, 6.45) is 1.01. The number of nitrogens with zero attached hydrogens (tertiary/aromatic N) is 2. The third-order valence-corrected chi connectivity index (χ3v) is 7.59. The maximum Gasteiger partial charge on any atom is 0.234 e. The minimum absolute atomic E-state index is 0.0574. The molecular weight excluding hydrogens is 537 g/mol. The quantitative estimate of drug-likeness (QED) is 0.370. The minimum Gasteiger partial charge on any atom is -0.491 e. The molecule has 9 heteroatoms. The van der Waals surface area contributed by atoms with Crippen LogP contribution in [0.4, 0.5) is 5.69 Å². The first kappa shape index (κ1) is 27.7. The van der Waals surface area contributed by atoms with Gasteiger partial charge in [0.15, 0.2) is 5.79 Å². The average Bonchev–Trinajstić information content (AvgIpc) is 3.33. The molecule has 0 aliphatic carbocycles. The molecule has 3 aromatic carbocycles. The van der Waals surface area contributed by atoms with E-state index in [4.69, 9.17) is 37.4 Å². The molecule has 2 saturated heterocycles. The first-order valence-electron chi connectivity index (χ1n) is 13.2. The molecular formula is C30H33Cl2N3O4. The van der Waals surface area contributed by atoms with Crippen molar-refractivity contribution in [3.05, 3.63) is 94.0 Å². The summed E-state index contributed by atoms with van der Waals surface area (Å²) >= 11 is 12.4. The topological polar surface area (TPSA) is 63.3 Å². The molecule has 7 nitrogen and oxygen atoms in total. The highest BCUT2D eigenvalue weighted by molar-refractivity contribution is 6.35. The lowest BCUT2D eigenvalue weighted by molar-refractivity contribution is -0.164. The van der Waals surface area contributed by atoms with Gasteiger partial charge >= 0.3 is 0 Å². The van der Waals surface area contributed by atoms with Crippen LogP contribution in [0.3, 0.4) is 0 Å². The molecule has 0 bridgehead atoms. The standard InChI is InChI=1S/C30H33Cl2N3O4/c1-30(27-13-8-23(31)19-28(27)32)38-21-26(39-30)20-37-25-11-9-24(10-12-25)34-15-17-35(18-16-34)33-29(36)14-7-22-5-3-2-4-6-22/h2-6,8-13,19,26H,7,14-18,20-21H2,1H3,(H,33,36)/t26-,30+/m1/s1. The summed E-state index contributed by atoms with van der Waals surface area (Å²) in [5, 5.41) is 3.08. The number of ether oxygens (including phenoxy) is 3. The largest absolute Gasteiger partial charge is 0.491 e. The summed E-state index contributed by atoms with van der Waals surface area (Å²) in [4.78, 5) is 14.7. The highest BCUT2D eigenvalue weighted by atomic mass is 35.5. The Hall–Kier alpha value is -2.81. The normalized spacial score (nSPS) is 21.6. The number of hydrogen-bond acceptors (Lipinski definition) is 6. The molecule has 2 aliphatic heterocycles. The molecule has 2 atom stereocenters. The Morgan fingerprint density at radius 3 is 2.49 bits per heavy atom. The summed E-state index contributed by atoms with van der Waals surface area (Å²) in [7, 11) is 0. The number of hydrogen-bond donors (Lipinski definition) is 1. The summed E-state index contributed by atoms with van der Waals surface area (Å²) in [5.41, 5.74) is 6.09. The van der Waals surface area contributed by atoms with Crippen LogP contribution in [0.15, 0.2) is 72.8 Å². The van der Waals surface area contributed by atoms with Gasteiger partial charge in [0.1, 0.15) is 18.5 Å². The van der Waals surface area contributed by atoms with Gasteiger partial charge in [-0.3, -0.25) is 10.2 Å². The number of hydrazine groups is 1. The van der Waals surface area contributed by atoms with Crippen LogP contribution in [0.1, 0.15) is 24.5 Å².